The molecule has 1 saturated heterocycles. The number of hydrogen-bond acceptors (Lipinski definition) is 6. The average Bonchev–Trinajstić information content (AvgIpc) is 3.14. The van der Waals surface area contributed by atoms with E-state index in [2.05, 4.69) is 22.0 Å². The van der Waals surface area contributed by atoms with Gasteiger partial charge in [0.25, 0.3) is 0 Å². The highest BCUT2D eigenvalue weighted by atomic mass is 16.4. The molecule has 1 aliphatic carbocycles. The molecule has 0 amide bonds. The number of piperidine rings is 1. The summed E-state index contributed by atoms with van der Waals surface area (Å²) in [5, 5.41) is 8.21. The van der Waals surface area contributed by atoms with E-state index in [1.54, 1.807) is 0 Å². The van der Waals surface area contributed by atoms with Crippen LogP contribution in [0.2, 0.25) is 0 Å². The Bertz CT molecular complexity index is 942. The third-order valence-electron chi connectivity index (χ3n) is 5.81. The molecule has 3 aromatic rings. The Labute approximate surface area is 146 Å². The van der Waals surface area contributed by atoms with Crippen molar-refractivity contribution in [2.24, 2.45) is 5.41 Å². The van der Waals surface area contributed by atoms with Gasteiger partial charge in [-0.25, -0.2) is 9.97 Å². The third-order valence-corrected chi connectivity index (χ3v) is 5.81. The van der Waals surface area contributed by atoms with Crippen molar-refractivity contribution in [3.8, 4) is 0 Å². The van der Waals surface area contributed by atoms with Gasteiger partial charge in [-0.2, -0.15) is 0 Å². The molecular weight excluding hydrogens is 314 g/mol. The number of hydrogen-bond donors (Lipinski definition) is 0. The van der Waals surface area contributed by atoms with Crippen LogP contribution < -0.4 is 4.90 Å². The Balaban J connectivity index is 1.35. The van der Waals surface area contributed by atoms with Crippen molar-refractivity contribution >= 4 is 16.9 Å². The van der Waals surface area contributed by atoms with Crippen LogP contribution in [0.25, 0.3) is 11.0 Å². The smallest absolute Gasteiger partial charge is 0.220 e. The molecule has 5 rings (SSSR count). The Morgan fingerprint density at radius 1 is 1.04 bits per heavy atom. The van der Waals surface area contributed by atoms with Crippen molar-refractivity contribution in [3.63, 3.8) is 0 Å². The lowest BCUT2D eigenvalue weighted by molar-refractivity contribution is 0.348. The molecule has 6 heteroatoms. The summed E-state index contributed by atoms with van der Waals surface area (Å²) in [5.41, 5.74) is 3.29. The molecule has 1 atom stereocenters. The van der Waals surface area contributed by atoms with Crippen LogP contribution in [0.1, 0.15) is 42.7 Å². The molecule has 25 heavy (non-hydrogen) atoms. The number of aryl methyl sites for hydroxylation is 2. The van der Waals surface area contributed by atoms with Crippen molar-refractivity contribution in [1.82, 2.24) is 20.2 Å². The Kier molecular flexibility index (Phi) is 3.11. The van der Waals surface area contributed by atoms with Gasteiger partial charge in [-0.05, 0) is 43.7 Å². The lowest BCUT2D eigenvalue weighted by atomic mass is 9.90. The van der Waals surface area contributed by atoms with Gasteiger partial charge in [-0.15, -0.1) is 10.2 Å². The van der Waals surface area contributed by atoms with E-state index in [4.69, 9.17) is 14.4 Å². The van der Waals surface area contributed by atoms with Crippen molar-refractivity contribution in [2.75, 3.05) is 18.0 Å². The van der Waals surface area contributed by atoms with E-state index in [9.17, 15) is 0 Å². The number of nitrogens with zero attached hydrogens (tertiary/aromatic N) is 5. The van der Waals surface area contributed by atoms with E-state index in [-0.39, 0.29) is 0 Å². The summed E-state index contributed by atoms with van der Waals surface area (Å²) >= 11 is 0. The number of aromatic nitrogens is 4. The molecule has 0 radical (unpaired) electrons. The maximum absolute atomic E-state index is 5.66. The number of fused-ring (bicyclic) bond motifs is 1. The van der Waals surface area contributed by atoms with Crippen molar-refractivity contribution in [2.45, 2.75) is 39.0 Å². The van der Waals surface area contributed by atoms with Crippen molar-refractivity contribution in [1.29, 1.82) is 0 Å². The molecule has 128 valence electrons. The second-order valence-corrected chi connectivity index (χ2v) is 7.39. The quantitative estimate of drug-likeness (QED) is 0.715. The fraction of sp³-hybridized carbons (Fsp3) is 0.474. The second kappa shape index (κ2) is 5.25. The second-order valence-electron chi connectivity index (χ2n) is 7.39. The van der Waals surface area contributed by atoms with Crippen molar-refractivity contribution in [3.05, 3.63) is 41.7 Å². The fourth-order valence-electron chi connectivity index (χ4n) is 4.24. The van der Waals surface area contributed by atoms with E-state index in [1.165, 1.54) is 6.42 Å². The zero-order chi connectivity index (χ0) is 17.0. The minimum Gasteiger partial charge on any atom is -0.425 e. The summed E-state index contributed by atoms with van der Waals surface area (Å²) in [6.07, 6.45) is 3.46. The van der Waals surface area contributed by atoms with E-state index in [1.807, 2.05) is 31.2 Å². The molecule has 2 aromatic heterocycles. The Morgan fingerprint density at radius 2 is 1.76 bits per heavy atom. The van der Waals surface area contributed by atoms with Gasteiger partial charge < -0.3 is 9.32 Å². The lowest BCUT2D eigenvalue weighted by Gasteiger charge is -2.34. The molecule has 0 N–H and O–H groups in total. The zero-order valence-electron chi connectivity index (χ0n) is 14.6. The van der Waals surface area contributed by atoms with Gasteiger partial charge in [0, 0.05) is 25.9 Å². The Hall–Kier alpha value is -2.50. The molecule has 2 fully saturated rings. The van der Waals surface area contributed by atoms with E-state index >= 15 is 0 Å². The molecule has 2 aliphatic rings. The summed E-state index contributed by atoms with van der Waals surface area (Å²) in [6.45, 7) is 5.94. The highest BCUT2D eigenvalue weighted by molar-refractivity contribution is 5.76. The van der Waals surface area contributed by atoms with E-state index in [0.29, 0.717) is 17.2 Å². The molecular formula is C19H21N5O. The van der Waals surface area contributed by atoms with Crippen LogP contribution in [0.15, 0.2) is 28.7 Å². The van der Waals surface area contributed by atoms with Gasteiger partial charge in [-0.1, -0.05) is 12.1 Å². The minimum atomic E-state index is 0.355. The van der Waals surface area contributed by atoms with Gasteiger partial charge in [0.1, 0.15) is 0 Å². The van der Waals surface area contributed by atoms with Crippen molar-refractivity contribution < 1.29 is 4.42 Å². The molecule has 6 nitrogen and oxygen atoms in total. The molecule has 3 heterocycles. The van der Waals surface area contributed by atoms with Crippen LogP contribution in [0.5, 0.6) is 0 Å². The first-order valence-electron chi connectivity index (χ1n) is 8.93. The largest absolute Gasteiger partial charge is 0.425 e. The summed E-state index contributed by atoms with van der Waals surface area (Å²) in [4.78, 5) is 12.0. The topological polar surface area (TPSA) is 67.9 Å². The number of anilines is 1. The lowest BCUT2D eigenvalue weighted by Crippen LogP contribution is -2.36. The number of rotatable bonds is 2. The standard InChI is InChI=1S/C19H21N5O/c1-12-17(21-16-6-4-3-5-15(16)20-12)24-9-7-19(8-10-24)11-14(19)18-23-22-13(2)25-18/h3-6,14H,7-11H2,1-2H3. The maximum atomic E-state index is 5.66. The first-order chi connectivity index (χ1) is 12.1. The summed E-state index contributed by atoms with van der Waals surface area (Å²) in [7, 11) is 0. The van der Waals surface area contributed by atoms with E-state index in [0.717, 1.165) is 54.4 Å². The summed E-state index contributed by atoms with van der Waals surface area (Å²) in [5.74, 6) is 2.96. The van der Waals surface area contributed by atoms with Gasteiger partial charge in [0.15, 0.2) is 5.82 Å². The van der Waals surface area contributed by atoms with Gasteiger partial charge >= 0.3 is 0 Å². The number of para-hydroxylation sites is 2. The molecule has 1 aliphatic heterocycles. The van der Waals surface area contributed by atoms with Crippen LogP contribution >= 0.6 is 0 Å². The van der Waals surface area contributed by atoms with Gasteiger partial charge in [0.05, 0.1) is 16.7 Å². The van der Waals surface area contributed by atoms with E-state index < -0.39 is 0 Å². The van der Waals surface area contributed by atoms with Crippen LogP contribution in [-0.2, 0) is 0 Å². The molecule has 1 saturated carbocycles. The monoisotopic (exact) mass is 335 g/mol. The normalized spacial score (nSPS) is 21.8. The Morgan fingerprint density at radius 3 is 2.44 bits per heavy atom. The number of benzene rings is 1. The van der Waals surface area contributed by atoms with Crippen LogP contribution in [-0.4, -0.2) is 33.3 Å². The van der Waals surface area contributed by atoms with Gasteiger partial charge in [0.2, 0.25) is 11.8 Å². The molecule has 1 unspecified atom stereocenters. The molecule has 0 bridgehead atoms. The third kappa shape index (κ3) is 2.39. The van der Waals surface area contributed by atoms with Crippen LogP contribution in [0.3, 0.4) is 0 Å². The predicted octanol–water partition coefficient (Wildman–Crippen LogP) is 3.40. The van der Waals surface area contributed by atoms with Crippen LogP contribution in [0.4, 0.5) is 5.82 Å². The summed E-state index contributed by atoms with van der Waals surface area (Å²) in [6, 6.07) is 8.08. The molecule has 1 aromatic carbocycles. The first-order valence-corrected chi connectivity index (χ1v) is 8.93. The predicted molar refractivity (Wildman–Crippen MR) is 94.5 cm³/mol. The zero-order valence-corrected chi connectivity index (χ0v) is 14.6. The fourth-order valence-corrected chi connectivity index (χ4v) is 4.24. The highest BCUT2D eigenvalue weighted by Crippen LogP contribution is 2.64. The summed E-state index contributed by atoms with van der Waals surface area (Å²) < 4.78 is 5.66. The molecule has 1 spiro atoms. The SMILES string of the molecule is Cc1nnc(C2CC23CCN(c2nc4ccccc4nc2C)CC3)o1. The van der Waals surface area contributed by atoms with Gasteiger partial charge in [-0.3, -0.25) is 0 Å². The highest BCUT2D eigenvalue weighted by Gasteiger charge is 2.58. The first kappa shape index (κ1) is 14.8. The minimum absolute atomic E-state index is 0.355. The van der Waals surface area contributed by atoms with Crippen LogP contribution in [0, 0.1) is 19.3 Å². The maximum Gasteiger partial charge on any atom is 0.220 e. The average molecular weight is 335 g/mol.